The van der Waals surface area contributed by atoms with Crippen LogP contribution in [0.25, 0.3) is 0 Å². The molecular formula is C48H56ClNO9. The number of carbonyl (C=O) groups excluding carboxylic acids is 5. The van der Waals surface area contributed by atoms with E-state index in [1.807, 2.05) is 0 Å². The Morgan fingerprint density at radius 1 is 0.525 bits per heavy atom. The third-order valence-electron chi connectivity index (χ3n) is 9.60. The second kappa shape index (κ2) is 26.5. The number of nitrogens with one attached hydrogen (secondary N) is 1. The van der Waals surface area contributed by atoms with E-state index in [0.29, 0.717) is 23.3 Å². The Morgan fingerprint density at radius 3 is 1.56 bits per heavy atom. The van der Waals surface area contributed by atoms with Gasteiger partial charge >= 0.3 is 23.9 Å². The van der Waals surface area contributed by atoms with E-state index >= 15 is 0 Å². The smallest absolute Gasteiger partial charge is 0.343 e. The number of hydrogen-bond donors (Lipinski definition) is 1. The zero-order chi connectivity index (χ0) is 42.1. The van der Waals surface area contributed by atoms with Crippen molar-refractivity contribution >= 4 is 41.4 Å². The first-order valence-corrected chi connectivity index (χ1v) is 21.2. The zero-order valence-corrected chi connectivity index (χ0v) is 34.7. The van der Waals surface area contributed by atoms with Gasteiger partial charge in [0.05, 0.1) is 17.7 Å². The van der Waals surface area contributed by atoms with Crippen LogP contribution in [0, 0.1) is 0 Å². The van der Waals surface area contributed by atoms with Gasteiger partial charge in [-0.15, -0.1) is 11.6 Å². The molecular weight excluding hydrogens is 770 g/mol. The summed E-state index contributed by atoms with van der Waals surface area (Å²) in [5, 5.41) is 1.49. The average Bonchev–Trinajstić information content (AvgIpc) is 3.25. The average molecular weight is 826 g/mol. The minimum absolute atomic E-state index is 0.141. The molecule has 0 aliphatic carbocycles. The SMILES string of the molecule is CCCCCCCCCCCCCCCCOC(=O)c1ccc(OC(=O)c2ccc(OC(=O)C(Cl)Cc3ccc(OC(=O)CNC(=O)c4ccccc4)cc3)cc2)cc1. The lowest BCUT2D eigenvalue weighted by atomic mass is 10.0. The molecule has 59 heavy (non-hydrogen) atoms. The fourth-order valence-electron chi connectivity index (χ4n) is 6.20. The Labute approximate surface area is 352 Å². The highest BCUT2D eigenvalue weighted by atomic mass is 35.5. The van der Waals surface area contributed by atoms with E-state index in [2.05, 4.69) is 12.2 Å². The van der Waals surface area contributed by atoms with Crippen molar-refractivity contribution in [3.05, 3.63) is 125 Å². The molecule has 0 spiro atoms. The maximum atomic E-state index is 12.8. The predicted molar refractivity (Wildman–Crippen MR) is 228 cm³/mol. The molecule has 0 heterocycles. The first kappa shape index (κ1) is 46.2. The molecule has 0 aromatic heterocycles. The number of hydrogen-bond acceptors (Lipinski definition) is 9. The number of carbonyl (C=O) groups is 5. The van der Waals surface area contributed by atoms with E-state index in [9.17, 15) is 24.0 Å². The molecule has 0 fully saturated rings. The lowest BCUT2D eigenvalue weighted by Crippen LogP contribution is -2.31. The summed E-state index contributed by atoms with van der Waals surface area (Å²) >= 11 is 6.34. The van der Waals surface area contributed by atoms with Gasteiger partial charge in [0.25, 0.3) is 5.91 Å². The molecule has 1 amide bonds. The maximum absolute atomic E-state index is 12.8. The molecule has 10 nitrogen and oxygen atoms in total. The molecule has 314 valence electrons. The monoisotopic (exact) mass is 825 g/mol. The van der Waals surface area contributed by atoms with E-state index in [-0.39, 0.29) is 41.7 Å². The van der Waals surface area contributed by atoms with Crippen LogP contribution in [0.1, 0.15) is 133 Å². The molecule has 0 saturated heterocycles. The van der Waals surface area contributed by atoms with Gasteiger partial charge in [-0.3, -0.25) is 9.59 Å². The van der Waals surface area contributed by atoms with E-state index in [0.717, 1.165) is 19.3 Å². The van der Waals surface area contributed by atoms with Gasteiger partial charge in [0, 0.05) is 5.56 Å². The molecule has 0 saturated carbocycles. The van der Waals surface area contributed by atoms with Crippen LogP contribution in [0.4, 0.5) is 0 Å². The summed E-state index contributed by atoms with van der Waals surface area (Å²) in [5.74, 6) is -2.04. The van der Waals surface area contributed by atoms with Crippen molar-refractivity contribution in [3.63, 3.8) is 0 Å². The molecule has 1 unspecified atom stereocenters. The summed E-state index contributed by atoms with van der Waals surface area (Å²) < 4.78 is 21.6. The molecule has 4 aromatic rings. The van der Waals surface area contributed by atoms with Gasteiger partial charge in [0.1, 0.15) is 29.2 Å². The summed E-state index contributed by atoms with van der Waals surface area (Å²) in [6.07, 6.45) is 17.8. The van der Waals surface area contributed by atoms with Crippen molar-refractivity contribution < 1.29 is 42.9 Å². The van der Waals surface area contributed by atoms with Gasteiger partial charge in [-0.2, -0.15) is 0 Å². The van der Waals surface area contributed by atoms with Crippen LogP contribution in [0.15, 0.2) is 103 Å². The van der Waals surface area contributed by atoms with Gasteiger partial charge < -0.3 is 24.3 Å². The van der Waals surface area contributed by atoms with E-state index in [4.69, 9.17) is 30.5 Å². The molecule has 1 N–H and O–H groups in total. The minimum atomic E-state index is -1.02. The summed E-state index contributed by atoms with van der Waals surface area (Å²) in [7, 11) is 0. The molecule has 1 atom stereocenters. The third-order valence-corrected chi connectivity index (χ3v) is 9.93. The fraction of sp³-hybridized carbons (Fsp3) is 0.396. The number of halogens is 1. The van der Waals surface area contributed by atoms with E-state index < -0.39 is 29.3 Å². The van der Waals surface area contributed by atoms with Crippen LogP contribution < -0.4 is 19.5 Å². The van der Waals surface area contributed by atoms with Crippen LogP contribution in [0.3, 0.4) is 0 Å². The highest BCUT2D eigenvalue weighted by Crippen LogP contribution is 2.21. The van der Waals surface area contributed by atoms with Crippen molar-refractivity contribution in [3.8, 4) is 17.2 Å². The number of rotatable bonds is 26. The molecule has 0 aliphatic heterocycles. The Hall–Kier alpha value is -5.48. The Kier molecular flexibility index (Phi) is 20.8. The Bertz CT molecular complexity index is 1880. The third kappa shape index (κ3) is 17.9. The lowest BCUT2D eigenvalue weighted by molar-refractivity contribution is -0.134. The van der Waals surface area contributed by atoms with Crippen LogP contribution in [0.5, 0.6) is 17.2 Å². The number of unbranched alkanes of at least 4 members (excludes halogenated alkanes) is 13. The summed E-state index contributed by atoms with van der Waals surface area (Å²) in [6, 6.07) is 27.0. The van der Waals surface area contributed by atoms with Crippen LogP contribution in [0.2, 0.25) is 0 Å². The molecule has 11 heteroatoms. The highest BCUT2D eigenvalue weighted by molar-refractivity contribution is 6.30. The largest absolute Gasteiger partial charge is 0.462 e. The summed E-state index contributed by atoms with van der Waals surface area (Å²) in [5.41, 5.74) is 1.73. The number of ether oxygens (including phenoxy) is 4. The fourth-order valence-corrected chi connectivity index (χ4v) is 6.43. The zero-order valence-electron chi connectivity index (χ0n) is 34.0. The molecule has 4 rings (SSSR count). The van der Waals surface area contributed by atoms with Gasteiger partial charge in [-0.25, -0.2) is 14.4 Å². The van der Waals surface area contributed by atoms with E-state index in [1.54, 1.807) is 66.7 Å². The second-order valence-electron chi connectivity index (χ2n) is 14.4. The normalized spacial score (nSPS) is 11.3. The number of amides is 1. The first-order valence-electron chi connectivity index (χ1n) is 20.8. The van der Waals surface area contributed by atoms with Crippen LogP contribution in [-0.4, -0.2) is 48.3 Å². The molecule has 0 radical (unpaired) electrons. The topological polar surface area (TPSA) is 134 Å². The van der Waals surface area contributed by atoms with E-state index in [1.165, 1.54) is 107 Å². The standard InChI is InChI=1S/C48H56ClNO9/c1-2-3-4-5-6-7-8-9-10-11-12-13-14-18-33-56-46(53)38-23-29-41(30-24-38)58-47(54)39-25-31-42(32-26-39)59-48(55)43(49)34-36-21-27-40(28-22-36)57-44(51)35-50-45(52)37-19-16-15-17-20-37/h15-17,19-32,43H,2-14,18,33-35H2,1H3,(H,50,52). The predicted octanol–water partition coefficient (Wildman–Crippen LogP) is 10.6. The Morgan fingerprint density at radius 2 is 1.00 bits per heavy atom. The first-order chi connectivity index (χ1) is 28.7. The molecule has 0 bridgehead atoms. The highest BCUT2D eigenvalue weighted by Gasteiger charge is 2.20. The molecule has 4 aromatic carbocycles. The van der Waals surface area contributed by atoms with Crippen molar-refractivity contribution in [1.82, 2.24) is 5.32 Å². The maximum Gasteiger partial charge on any atom is 0.343 e. The van der Waals surface area contributed by atoms with Gasteiger partial charge in [-0.05, 0) is 91.2 Å². The number of esters is 4. The summed E-state index contributed by atoms with van der Waals surface area (Å²) in [4.78, 5) is 62.2. The quantitative estimate of drug-likeness (QED) is 0.0284. The lowest BCUT2D eigenvalue weighted by Gasteiger charge is -2.11. The van der Waals surface area contributed by atoms with Gasteiger partial charge in [-0.1, -0.05) is 121 Å². The second-order valence-corrected chi connectivity index (χ2v) is 15.0. The van der Waals surface area contributed by atoms with Gasteiger partial charge in [0.15, 0.2) is 0 Å². The van der Waals surface area contributed by atoms with Crippen LogP contribution >= 0.6 is 11.6 Å². The van der Waals surface area contributed by atoms with Crippen molar-refractivity contribution in [2.24, 2.45) is 0 Å². The Balaban J connectivity index is 1.07. The summed E-state index contributed by atoms with van der Waals surface area (Å²) in [6.45, 7) is 2.32. The van der Waals surface area contributed by atoms with Gasteiger partial charge in [0.2, 0.25) is 0 Å². The van der Waals surface area contributed by atoms with Crippen LogP contribution in [-0.2, 0) is 20.7 Å². The van der Waals surface area contributed by atoms with Crippen molar-refractivity contribution in [2.75, 3.05) is 13.2 Å². The van der Waals surface area contributed by atoms with Crippen molar-refractivity contribution in [1.29, 1.82) is 0 Å². The number of benzene rings is 4. The number of alkyl halides is 1. The van der Waals surface area contributed by atoms with Crippen molar-refractivity contribution in [2.45, 2.75) is 109 Å². The minimum Gasteiger partial charge on any atom is -0.462 e. The molecule has 0 aliphatic rings.